The molecule has 182 valence electrons. The van der Waals surface area contributed by atoms with Crippen LogP contribution < -0.4 is 10.2 Å². The smallest absolute Gasteiger partial charge is 0.416 e. The fourth-order valence-electron chi connectivity index (χ4n) is 4.46. The van der Waals surface area contributed by atoms with Crippen molar-refractivity contribution in [2.75, 3.05) is 23.3 Å². The third kappa shape index (κ3) is 5.78. The monoisotopic (exact) mass is 513 g/mol. The molecule has 1 N–H and O–H groups in total. The third-order valence-corrected chi connectivity index (χ3v) is 6.32. The van der Waals surface area contributed by atoms with Crippen molar-refractivity contribution in [1.82, 2.24) is 20.2 Å². The van der Waals surface area contributed by atoms with Crippen LogP contribution in [0.25, 0.3) is 11.3 Å². The maximum Gasteiger partial charge on any atom is 0.416 e. The molecule has 4 heterocycles. The molecule has 1 aliphatic heterocycles. The van der Waals surface area contributed by atoms with Crippen LogP contribution >= 0.6 is 24.8 Å². The van der Waals surface area contributed by atoms with Crippen molar-refractivity contribution < 1.29 is 9.53 Å². The van der Waals surface area contributed by atoms with E-state index >= 15 is 0 Å². The minimum absolute atomic E-state index is 0. The Morgan fingerprint density at radius 2 is 1.97 bits per heavy atom. The highest BCUT2D eigenvalue weighted by atomic mass is 35.5. The Morgan fingerprint density at radius 3 is 2.66 bits per heavy atom. The second-order valence-corrected chi connectivity index (χ2v) is 8.50. The van der Waals surface area contributed by atoms with E-state index < -0.39 is 5.60 Å². The van der Waals surface area contributed by atoms with E-state index in [0.29, 0.717) is 24.0 Å². The fourth-order valence-corrected chi connectivity index (χ4v) is 4.46. The molecular weight excluding hydrogens is 489 g/mol. The molecule has 1 saturated heterocycles. The highest BCUT2D eigenvalue weighted by Crippen LogP contribution is 2.40. The topological polar surface area (TPSA) is 117 Å². The van der Waals surface area contributed by atoms with Crippen LogP contribution in [-0.4, -0.2) is 44.9 Å². The molecule has 3 aromatic heterocycles. The van der Waals surface area contributed by atoms with Crippen molar-refractivity contribution in [2.45, 2.75) is 31.3 Å². The van der Waals surface area contributed by atoms with E-state index in [-0.39, 0.29) is 30.9 Å². The van der Waals surface area contributed by atoms with Crippen molar-refractivity contribution >= 4 is 42.5 Å². The van der Waals surface area contributed by atoms with Gasteiger partial charge in [-0.25, -0.2) is 14.8 Å². The number of nitrogens with zero attached hydrogens (tertiary/aromatic N) is 6. The molecule has 2 aliphatic rings. The van der Waals surface area contributed by atoms with Crippen LogP contribution in [0.4, 0.5) is 16.4 Å². The molecule has 1 amide bonds. The van der Waals surface area contributed by atoms with E-state index in [9.17, 15) is 4.79 Å². The van der Waals surface area contributed by atoms with E-state index in [4.69, 9.17) is 10.00 Å². The number of halogens is 2. The van der Waals surface area contributed by atoms with E-state index in [2.05, 4.69) is 31.6 Å². The molecule has 0 atom stereocenters. The van der Waals surface area contributed by atoms with E-state index in [0.717, 1.165) is 49.3 Å². The van der Waals surface area contributed by atoms with Gasteiger partial charge in [-0.2, -0.15) is 10.4 Å². The van der Waals surface area contributed by atoms with Crippen LogP contribution in [0.1, 0.15) is 31.4 Å². The molecule has 0 aromatic carbocycles. The lowest BCUT2D eigenvalue weighted by Gasteiger charge is -2.35. The van der Waals surface area contributed by atoms with Gasteiger partial charge in [-0.05, 0) is 68.0 Å². The summed E-state index contributed by atoms with van der Waals surface area (Å²) in [6.45, 7) is 1.33. The number of amides is 1. The lowest BCUT2D eigenvalue weighted by atomic mass is 9.78. The number of aromatic nitrogens is 4. The predicted molar refractivity (Wildman–Crippen MR) is 136 cm³/mol. The van der Waals surface area contributed by atoms with Gasteiger partial charge in [0, 0.05) is 24.5 Å². The van der Waals surface area contributed by atoms with Crippen LogP contribution in [0.15, 0.2) is 54.9 Å². The third-order valence-electron chi connectivity index (χ3n) is 6.32. The van der Waals surface area contributed by atoms with Crippen molar-refractivity contribution in [2.24, 2.45) is 5.92 Å². The summed E-state index contributed by atoms with van der Waals surface area (Å²) < 4.78 is 5.80. The number of rotatable bonds is 5. The summed E-state index contributed by atoms with van der Waals surface area (Å²) in [6.07, 6.45) is 6.61. The van der Waals surface area contributed by atoms with Crippen LogP contribution in [-0.2, 0) is 4.74 Å². The van der Waals surface area contributed by atoms with E-state index in [1.165, 1.54) is 0 Å². The molecule has 3 aromatic rings. The molecule has 9 nitrogen and oxygen atoms in total. The molecular formula is C24H25Cl2N7O2. The van der Waals surface area contributed by atoms with Crippen molar-refractivity contribution in [3.63, 3.8) is 0 Å². The number of ether oxygens (including phenoxy) is 1. The average molecular weight is 514 g/mol. The number of carbonyl (C=O) groups excluding carboxylic acids is 1. The Balaban J connectivity index is 0.00000171. The number of hydrogen-bond donors (Lipinski definition) is 1. The maximum atomic E-state index is 12.4. The predicted octanol–water partition coefficient (Wildman–Crippen LogP) is 4.65. The number of nitriles is 1. The molecule has 11 heteroatoms. The number of anilines is 2. The van der Waals surface area contributed by atoms with Crippen LogP contribution in [0.5, 0.6) is 0 Å². The molecule has 0 bridgehead atoms. The van der Waals surface area contributed by atoms with Gasteiger partial charge in [-0.3, -0.25) is 4.90 Å². The SMILES string of the molecule is Cl.Cl.N#Cc1cccc(-c2ccc(NCC3CCC4(CC3)CN(c3cccnn3)C(=O)O4)nc2)n1. The average Bonchev–Trinajstić information content (AvgIpc) is 3.20. The van der Waals surface area contributed by atoms with Crippen LogP contribution in [0, 0.1) is 17.2 Å². The summed E-state index contributed by atoms with van der Waals surface area (Å²) in [5, 5.41) is 20.3. The molecule has 1 saturated carbocycles. The Hall–Kier alpha value is -3.48. The van der Waals surface area contributed by atoms with Crippen molar-refractivity contribution in [3.05, 3.63) is 60.6 Å². The first kappa shape index (κ1) is 26.1. The van der Waals surface area contributed by atoms with Crippen LogP contribution in [0.2, 0.25) is 0 Å². The summed E-state index contributed by atoms with van der Waals surface area (Å²) in [4.78, 5) is 22.8. The van der Waals surface area contributed by atoms with Gasteiger partial charge in [0.1, 0.15) is 23.2 Å². The molecule has 1 spiro atoms. The van der Waals surface area contributed by atoms with E-state index in [1.807, 2.05) is 24.3 Å². The summed E-state index contributed by atoms with van der Waals surface area (Å²) in [7, 11) is 0. The lowest BCUT2D eigenvalue weighted by Crippen LogP contribution is -2.39. The highest BCUT2D eigenvalue weighted by molar-refractivity contribution is 5.89. The van der Waals surface area contributed by atoms with Crippen molar-refractivity contribution in [1.29, 1.82) is 5.26 Å². The van der Waals surface area contributed by atoms with Crippen LogP contribution in [0.3, 0.4) is 0 Å². The van der Waals surface area contributed by atoms with Gasteiger partial charge in [0.05, 0.1) is 12.2 Å². The van der Waals surface area contributed by atoms with Gasteiger partial charge < -0.3 is 10.1 Å². The molecule has 5 rings (SSSR count). The van der Waals surface area contributed by atoms with Gasteiger partial charge in [0.15, 0.2) is 5.82 Å². The molecule has 35 heavy (non-hydrogen) atoms. The van der Waals surface area contributed by atoms with E-state index in [1.54, 1.807) is 35.5 Å². The minimum Gasteiger partial charge on any atom is -0.441 e. The number of carbonyl (C=O) groups is 1. The van der Waals surface area contributed by atoms with Gasteiger partial charge in [0.2, 0.25) is 0 Å². The first-order chi connectivity index (χ1) is 16.1. The number of hydrogen-bond acceptors (Lipinski definition) is 8. The number of pyridine rings is 2. The normalized spacial score (nSPS) is 20.8. The Kier molecular flexibility index (Phi) is 8.43. The Bertz CT molecular complexity index is 1180. The fraction of sp³-hybridized carbons (Fsp3) is 0.333. The second-order valence-electron chi connectivity index (χ2n) is 8.50. The summed E-state index contributed by atoms with van der Waals surface area (Å²) in [5.41, 5.74) is 1.55. The Morgan fingerprint density at radius 1 is 1.14 bits per heavy atom. The molecule has 2 fully saturated rings. The molecule has 0 radical (unpaired) electrons. The first-order valence-electron chi connectivity index (χ1n) is 11.0. The summed E-state index contributed by atoms with van der Waals surface area (Å²) in [5.74, 6) is 1.82. The standard InChI is InChI=1S/C24H23N7O2.2ClH/c25-13-19-3-1-4-20(29-19)18-6-7-21(27-15-18)26-14-17-8-10-24(11-9-17)16-31(23(32)33-24)22-5-2-12-28-30-22;;/h1-7,12,15,17H,8-11,14,16H2,(H,26,27);2*1H. The maximum absolute atomic E-state index is 12.4. The molecule has 0 unspecified atom stereocenters. The zero-order chi connectivity index (χ0) is 22.7. The first-order valence-corrected chi connectivity index (χ1v) is 11.0. The molecule has 1 aliphatic carbocycles. The lowest BCUT2D eigenvalue weighted by molar-refractivity contribution is 0.0148. The highest BCUT2D eigenvalue weighted by Gasteiger charge is 2.48. The quantitative estimate of drug-likeness (QED) is 0.523. The van der Waals surface area contributed by atoms with Crippen molar-refractivity contribution in [3.8, 4) is 17.3 Å². The van der Waals surface area contributed by atoms with Gasteiger partial charge in [-0.15, -0.1) is 29.9 Å². The Labute approximate surface area is 215 Å². The zero-order valence-corrected chi connectivity index (χ0v) is 20.5. The second kappa shape index (κ2) is 11.3. The van der Waals surface area contributed by atoms with Gasteiger partial charge >= 0.3 is 6.09 Å². The summed E-state index contributed by atoms with van der Waals surface area (Å²) >= 11 is 0. The van der Waals surface area contributed by atoms with Gasteiger partial charge in [0.25, 0.3) is 0 Å². The number of nitrogens with one attached hydrogen (secondary N) is 1. The largest absolute Gasteiger partial charge is 0.441 e. The zero-order valence-electron chi connectivity index (χ0n) is 18.8. The minimum atomic E-state index is -0.435. The summed E-state index contributed by atoms with van der Waals surface area (Å²) in [6, 6.07) is 14.8. The van der Waals surface area contributed by atoms with Gasteiger partial charge in [-0.1, -0.05) is 6.07 Å².